The summed E-state index contributed by atoms with van der Waals surface area (Å²) in [6.07, 6.45) is 1.50. The number of Topliss-reactive ketones (excluding diaryl/α,β-unsaturated/α-hetero) is 1. The van der Waals surface area contributed by atoms with E-state index in [4.69, 9.17) is 0 Å². The molecule has 0 atom stereocenters. The number of benzene rings is 1. The molecule has 0 spiro atoms. The zero-order valence-corrected chi connectivity index (χ0v) is 14.3. The van der Waals surface area contributed by atoms with Crippen molar-refractivity contribution in [3.63, 3.8) is 0 Å². The monoisotopic (exact) mass is 338 g/mol. The number of ketones is 1. The van der Waals surface area contributed by atoms with Gasteiger partial charge in [-0.3, -0.25) is 9.59 Å². The molecule has 1 amide bonds. The lowest BCUT2D eigenvalue weighted by Gasteiger charge is -2.33. The van der Waals surface area contributed by atoms with Crippen LogP contribution in [-0.4, -0.2) is 61.7 Å². The fraction of sp³-hybridized carbons (Fsp3) is 0.500. The zero-order valence-electron chi connectivity index (χ0n) is 13.5. The third-order valence-corrected chi connectivity index (χ3v) is 5.30. The van der Waals surface area contributed by atoms with E-state index in [9.17, 15) is 18.0 Å². The van der Waals surface area contributed by atoms with E-state index in [1.165, 1.54) is 10.6 Å². The van der Waals surface area contributed by atoms with Crippen LogP contribution in [0.3, 0.4) is 0 Å². The van der Waals surface area contributed by atoms with Crippen molar-refractivity contribution in [2.24, 2.45) is 0 Å². The molecule has 126 valence electrons. The lowest BCUT2D eigenvalue weighted by Crippen LogP contribution is -2.50. The van der Waals surface area contributed by atoms with Crippen molar-refractivity contribution in [3.8, 4) is 0 Å². The number of rotatable bonds is 5. The molecule has 7 heteroatoms. The van der Waals surface area contributed by atoms with Gasteiger partial charge in [-0.2, -0.15) is 4.31 Å². The molecule has 2 rings (SSSR count). The van der Waals surface area contributed by atoms with Crippen LogP contribution in [-0.2, 0) is 14.8 Å². The van der Waals surface area contributed by atoms with E-state index in [2.05, 4.69) is 0 Å². The van der Waals surface area contributed by atoms with Gasteiger partial charge in [0.15, 0.2) is 5.78 Å². The summed E-state index contributed by atoms with van der Waals surface area (Å²) < 4.78 is 24.2. The number of hydrogen-bond donors (Lipinski definition) is 0. The van der Waals surface area contributed by atoms with Crippen molar-refractivity contribution in [1.29, 1.82) is 0 Å². The smallest absolute Gasteiger partial charge is 0.223 e. The Kier molecular flexibility index (Phi) is 5.54. The molecular weight excluding hydrogens is 316 g/mol. The Morgan fingerprint density at radius 3 is 2.09 bits per heavy atom. The zero-order chi connectivity index (χ0) is 17.0. The quantitative estimate of drug-likeness (QED) is 0.753. The molecule has 0 aromatic heterocycles. The molecule has 0 bridgehead atoms. The summed E-state index contributed by atoms with van der Waals surface area (Å²) in [5.41, 5.74) is 1.70. The number of amides is 1. The second-order valence-corrected chi connectivity index (χ2v) is 7.81. The Labute approximate surface area is 137 Å². The highest BCUT2D eigenvalue weighted by molar-refractivity contribution is 7.88. The highest BCUT2D eigenvalue weighted by Gasteiger charge is 2.26. The van der Waals surface area contributed by atoms with Crippen molar-refractivity contribution in [2.45, 2.75) is 19.8 Å². The first-order valence-electron chi connectivity index (χ1n) is 7.60. The molecule has 0 N–H and O–H groups in total. The van der Waals surface area contributed by atoms with Crippen molar-refractivity contribution in [1.82, 2.24) is 9.21 Å². The van der Waals surface area contributed by atoms with Gasteiger partial charge in [-0.05, 0) is 6.92 Å². The van der Waals surface area contributed by atoms with Gasteiger partial charge in [0, 0.05) is 44.6 Å². The van der Waals surface area contributed by atoms with Gasteiger partial charge in [0.05, 0.1) is 6.26 Å². The average Bonchev–Trinajstić information content (AvgIpc) is 2.52. The first-order valence-corrected chi connectivity index (χ1v) is 9.45. The van der Waals surface area contributed by atoms with E-state index in [1.54, 1.807) is 17.0 Å². The van der Waals surface area contributed by atoms with Crippen molar-refractivity contribution in [3.05, 3.63) is 35.4 Å². The number of carbonyl (C=O) groups excluding carboxylic acids is 2. The molecule has 1 fully saturated rings. The molecule has 1 saturated heterocycles. The Bertz CT molecular complexity index is 675. The lowest BCUT2D eigenvalue weighted by molar-refractivity contribution is -0.132. The first kappa shape index (κ1) is 17.6. The van der Waals surface area contributed by atoms with Crippen LogP contribution in [0.15, 0.2) is 24.3 Å². The number of piperazine rings is 1. The van der Waals surface area contributed by atoms with Crippen molar-refractivity contribution < 1.29 is 18.0 Å². The molecule has 0 saturated carbocycles. The van der Waals surface area contributed by atoms with Gasteiger partial charge >= 0.3 is 0 Å². The van der Waals surface area contributed by atoms with Gasteiger partial charge in [-0.25, -0.2) is 8.42 Å². The highest BCUT2D eigenvalue weighted by Crippen LogP contribution is 2.11. The van der Waals surface area contributed by atoms with E-state index in [1.807, 2.05) is 19.1 Å². The first-order chi connectivity index (χ1) is 10.8. The lowest BCUT2D eigenvalue weighted by atomic mass is 10.0. The van der Waals surface area contributed by atoms with Crippen LogP contribution < -0.4 is 0 Å². The van der Waals surface area contributed by atoms with Crippen LogP contribution in [0, 0.1) is 6.92 Å². The van der Waals surface area contributed by atoms with E-state index in [0.29, 0.717) is 31.7 Å². The largest absolute Gasteiger partial charge is 0.340 e. The second kappa shape index (κ2) is 7.23. The van der Waals surface area contributed by atoms with Gasteiger partial charge in [-0.1, -0.05) is 29.8 Å². The molecule has 0 unspecified atom stereocenters. The molecule has 6 nitrogen and oxygen atoms in total. The standard InChI is InChI=1S/C16H22N2O4S/c1-13-3-5-14(6-4-13)15(19)7-8-16(20)17-9-11-18(12-10-17)23(2,21)22/h3-6H,7-12H2,1-2H3. The molecule has 1 aliphatic heterocycles. The van der Waals surface area contributed by atoms with Crippen LogP contribution in [0.2, 0.25) is 0 Å². The molecule has 23 heavy (non-hydrogen) atoms. The van der Waals surface area contributed by atoms with Crippen LogP contribution in [0.5, 0.6) is 0 Å². The molecule has 0 radical (unpaired) electrons. The van der Waals surface area contributed by atoms with Gasteiger partial charge in [-0.15, -0.1) is 0 Å². The Balaban J connectivity index is 1.82. The second-order valence-electron chi connectivity index (χ2n) is 5.83. The summed E-state index contributed by atoms with van der Waals surface area (Å²) in [4.78, 5) is 25.8. The summed E-state index contributed by atoms with van der Waals surface area (Å²) in [7, 11) is -3.20. The fourth-order valence-electron chi connectivity index (χ4n) is 2.53. The summed E-state index contributed by atoms with van der Waals surface area (Å²) in [5.74, 6) is -0.147. The summed E-state index contributed by atoms with van der Waals surface area (Å²) in [6.45, 7) is 3.34. The van der Waals surface area contributed by atoms with Gasteiger partial charge < -0.3 is 4.90 Å². The minimum Gasteiger partial charge on any atom is -0.340 e. The Hall–Kier alpha value is -1.73. The minimum atomic E-state index is -3.20. The van der Waals surface area contributed by atoms with Crippen molar-refractivity contribution in [2.75, 3.05) is 32.4 Å². The maximum absolute atomic E-state index is 12.2. The Morgan fingerprint density at radius 2 is 1.57 bits per heavy atom. The average molecular weight is 338 g/mol. The Morgan fingerprint density at radius 1 is 1.00 bits per heavy atom. The maximum Gasteiger partial charge on any atom is 0.223 e. The molecule has 1 aromatic rings. The van der Waals surface area contributed by atoms with E-state index < -0.39 is 10.0 Å². The molecule has 1 aromatic carbocycles. The SMILES string of the molecule is Cc1ccc(C(=O)CCC(=O)N2CCN(S(C)(=O)=O)CC2)cc1. The van der Waals surface area contributed by atoms with E-state index in [0.717, 1.165) is 5.56 Å². The van der Waals surface area contributed by atoms with Crippen LogP contribution >= 0.6 is 0 Å². The van der Waals surface area contributed by atoms with Gasteiger partial charge in [0.1, 0.15) is 0 Å². The molecule has 0 aliphatic carbocycles. The summed E-state index contributed by atoms with van der Waals surface area (Å²) in [5, 5.41) is 0. The summed E-state index contributed by atoms with van der Waals surface area (Å²) in [6, 6.07) is 7.29. The third kappa shape index (κ3) is 4.87. The van der Waals surface area contributed by atoms with E-state index >= 15 is 0 Å². The molecule has 1 aliphatic rings. The third-order valence-electron chi connectivity index (χ3n) is 4.00. The highest BCUT2D eigenvalue weighted by atomic mass is 32.2. The maximum atomic E-state index is 12.2. The molecule has 1 heterocycles. The number of sulfonamides is 1. The molecular formula is C16H22N2O4S. The van der Waals surface area contributed by atoms with Crippen LogP contribution in [0.4, 0.5) is 0 Å². The predicted molar refractivity (Wildman–Crippen MR) is 87.7 cm³/mol. The normalized spacial score (nSPS) is 16.3. The summed E-state index contributed by atoms with van der Waals surface area (Å²) >= 11 is 0. The predicted octanol–water partition coefficient (Wildman–Crippen LogP) is 1.06. The van der Waals surface area contributed by atoms with E-state index in [-0.39, 0.29) is 24.5 Å². The van der Waals surface area contributed by atoms with Crippen molar-refractivity contribution >= 4 is 21.7 Å². The van der Waals surface area contributed by atoms with Gasteiger partial charge in [0.2, 0.25) is 15.9 Å². The number of aryl methyl sites for hydroxylation is 1. The minimum absolute atomic E-state index is 0.0480. The topological polar surface area (TPSA) is 74.8 Å². The fourth-order valence-corrected chi connectivity index (χ4v) is 3.36. The number of nitrogens with zero attached hydrogens (tertiary/aromatic N) is 2. The van der Waals surface area contributed by atoms with Crippen LogP contribution in [0.25, 0.3) is 0 Å². The van der Waals surface area contributed by atoms with Crippen LogP contribution in [0.1, 0.15) is 28.8 Å². The van der Waals surface area contributed by atoms with Gasteiger partial charge in [0.25, 0.3) is 0 Å². The number of hydrogen-bond acceptors (Lipinski definition) is 4. The number of carbonyl (C=O) groups is 2.